The number of aliphatic hydroxyl groups excluding tert-OH is 1. The molecule has 1 aromatic heterocycles. The van der Waals surface area contributed by atoms with Gasteiger partial charge in [0.05, 0.1) is 24.7 Å². The minimum Gasteiger partial charge on any atom is -0.394 e. The van der Waals surface area contributed by atoms with E-state index in [0.29, 0.717) is 11.6 Å². The van der Waals surface area contributed by atoms with Crippen LogP contribution in [-0.2, 0) is 7.05 Å². The molecule has 1 fully saturated rings. The number of aliphatic hydroxyl groups is 1. The van der Waals surface area contributed by atoms with E-state index in [9.17, 15) is 9.90 Å². The fourth-order valence-electron chi connectivity index (χ4n) is 2.52. The predicted octanol–water partition coefficient (Wildman–Crippen LogP) is 1.09. The minimum atomic E-state index is -0.451. The number of carbonyl (C=O) groups is 1. The maximum absolute atomic E-state index is 12.2. The van der Waals surface area contributed by atoms with Crippen LogP contribution in [0.1, 0.15) is 43.1 Å². The summed E-state index contributed by atoms with van der Waals surface area (Å²) in [5, 5.41) is 12.6. The van der Waals surface area contributed by atoms with E-state index in [0.717, 1.165) is 25.7 Å². The third-order valence-electron chi connectivity index (χ3n) is 3.96. The fraction of sp³-hybridized carbons (Fsp3) is 0.692. The SMILES string of the molecule is CC1CCC(CO)(NC(=O)c2cncn2C)CC1. The first kappa shape index (κ1) is 13.1. The number of imidazole rings is 1. The Morgan fingerprint density at radius 3 is 2.78 bits per heavy atom. The van der Waals surface area contributed by atoms with Crippen LogP contribution in [0.5, 0.6) is 0 Å². The van der Waals surface area contributed by atoms with E-state index in [1.165, 1.54) is 0 Å². The number of aromatic nitrogens is 2. The van der Waals surface area contributed by atoms with Crippen LogP contribution in [0, 0.1) is 5.92 Å². The van der Waals surface area contributed by atoms with Gasteiger partial charge in [0.2, 0.25) is 0 Å². The maximum atomic E-state index is 12.2. The Kier molecular flexibility index (Phi) is 3.71. The third-order valence-corrected chi connectivity index (χ3v) is 3.96. The Morgan fingerprint density at radius 2 is 2.28 bits per heavy atom. The van der Waals surface area contributed by atoms with E-state index in [2.05, 4.69) is 17.2 Å². The molecule has 1 aliphatic rings. The van der Waals surface area contributed by atoms with Crippen LogP contribution in [0.3, 0.4) is 0 Å². The molecule has 0 aromatic carbocycles. The summed E-state index contributed by atoms with van der Waals surface area (Å²) in [5.74, 6) is 0.525. The zero-order chi connectivity index (χ0) is 13.2. The van der Waals surface area contributed by atoms with Gasteiger partial charge in [-0.05, 0) is 31.6 Å². The number of hydrogen-bond acceptors (Lipinski definition) is 3. The molecule has 0 radical (unpaired) electrons. The molecular formula is C13H21N3O2. The molecule has 0 spiro atoms. The molecule has 1 heterocycles. The van der Waals surface area contributed by atoms with Crippen molar-refractivity contribution in [2.24, 2.45) is 13.0 Å². The van der Waals surface area contributed by atoms with Crippen LogP contribution in [-0.4, -0.2) is 32.7 Å². The number of rotatable bonds is 3. The molecule has 5 nitrogen and oxygen atoms in total. The van der Waals surface area contributed by atoms with Crippen molar-refractivity contribution in [3.8, 4) is 0 Å². The van der Waals surface area contributed by atoms with Gasteiger partial charge in [-0.25, -0.2) is 4.98 Å². The van der Waals surface area contributed by atoms with Crippen LogP contribution in [0.4, 0.5) is 0 Å². The molecule has 5 heteroatoms. The van der Waals surface area contributed by atoms with E-state index in [1.807, 2.05) is 0 Å². The zero-order valence-corrected chi connectivity index (χ0v) is 11.0. The third kappa shape index (κ3) is 2.56. The highest BCUT2D eigenvalue weighted by molar-refractivity contribution is 5.92. The second-order valence-corrected chi connectivity index (χ2v) is 5.46. The van der Waals surface area contributed by atoms with Gasteiger partial charge in [0.25, 0.3) is 5.91 Å². The molecule has 1 saturated carbocycles. The molecule has 100 valence electrons. The summed E-state index contributed by atoms with van der Waals surface area (Å²) in [6, 6.07) is 0. The lowest BCUT2D eigenvalue weighted by molar-refractivity contribution is 0.0710. The van der Waals surface area contributed by atoms with Crippen LogP contribution in [0.25, 0.3) is 0 Å². The Hall–Kier alpha value is -1.36. The molecule has 0 aliphatic heterocycles. The molecule has 1 aromatic rings. The highest BCUT2D eigenvalue weighted by Gasteiger charge is 2.35. The lowest BCUT2D eigenvalue weighted by atomic mass is 9.77. The number of aryl methyl sites for hydroxylation is 1. The van der Waals surface area contributed by atoms with Gasteiger partial charge < -0.3 is 15.0 Å². The van der Waals surface area contributed by atoms with Gasteiger partial charge in [0.15, 0.2) is 0 Å². The van der Waals surface area contributed by atoms with E-state index in [-0.39, 0.29) is 12.5 Å². The van der Waals surface area contributed by atoms with Gasteiger partial charge >= 0.3 is 0 Å². The topological polar surface area (TPSA) is 67.2 Å². The quantitative estimate of drug-likeness (QED) is 0.845. The lowest BCUT2D eigenvalue weighted by Gasteiger charge is -2.38. The van der Waals surface area contributed by atoms with Gasteiger partial charge in [-0.3, -0.25) is 4.79 Å². The molecular weight excluding hydrogens is 230 g/mol. The predicted molar refractivity (Wildman–Crippen MR) is 68.1 cm³/mol. The van der Waals surface area contributed by atoms with Gasteiger partial charge in [0.1, 0.15) is 5.69 Å². The van der Waals surface area contributed by atoms with Gasteiger partial charge in [-0.1, -0.05) is 6.92 Å². The van der Waals surface area contributed by atoms with Crippen molar-refractivity contribution in [1.82, 2.24) is 14.9 Å². The number of nitrogens with one attached hydrogen (secondary N) is 1. The first-order valence-electron chi connectivity index (χ1n) is 6.46. The Bertz CT molecular complexity index is 420. The highest BCUT2D eigenvalue weighted by atomic mass is 16.3. The number of nitrogens with zero attached hydrogens (tertiary/aromatic N) is 2. The molecule has 2 rings (SSSR count). The van der Waals surface area contributed by atoms with E-state index in [1.54, 1.807) is 24.1 Å². The van der Waals surface area contributed by atoms with Crippen molar-refractivity contribution in [2.75, 3.05) is 6.61 Å². The minimum absolute atomic E-state index is 0.00329. The van der Waals surface area contributed by atoms with Crippen molar-refractivity contribution in [2.45, 2.75) is 38.1 Å². The van der Waals surface area contributed by atoms with Crippen LogP contribution in [0.2, 0.25) is 0 Å². The Labute approximate surface area is 107 Å². The van der Waals surface area contributed by atoms with Gasteiger partial charge in [0, 0.05) is 7.05 Å². The molecule has 0 atom stereocenters. The van der Waals surface area contributed by atoms with E-state index >= 15 is 0 Å². The summed E-state index contributed by atoms with van der Waals surface area (Å²) in [7, 11) is 1.79. The van der Waals surface area contributed by atoms with Gasteiger partial charge in [-0.15, -0.1) is 0 Å². The maximum Gasteiger partial charge on any atom is 0.270 e. The summed E-state index contributed by atoms with van der Waals surface area (Å²) >= 11 is 0. The normalized spacial score (nSPS) is 28.1. The number of hydrogen-bond donors (Lipinski definition) is 2. The highest BCUT2D eigenvalue weighted by Crippen LogP contribution is 2.31. The van der Waals surface area contributed by atoms with Crippen LogP contribution < -0.4 is 5.32 Å². The van der Waals surface area contributed by atoms with Crippen LogP contribution in [0.15, 0.2) is 12.5 Å². The van der Waals surface area contributed by atoms with Crippen LogP contribution >= 0.6 is 0 Å². The second-order valence-electron chi connectivity index (χ2n) is 5.46. The summed E-state index contributed by atoms with van der Waals surface area (Å²) in [5.41, 5.74) is 0.0786. The monoisotopic (exact) mass is 251 g/mol. The molecule has 0 saturated heterocycles. The van der Waals surface area contributed by atoms with E-state index in [4.69, 9.17) is 0 Å². The second kappa shape index (κ2) is 5.10. The summed E-state index contributed by atoms with van der Waals surface area (Å²) < 4.78 is 1.69. The van der Waals surface area contributed by atoms with Crippen molar-refractivity contribution in [1.29, 1.82) is 0 Å². The van der Waals surface area contributed by atoms with Crippen molar-refractivity contribution >= 4 is 5.91 Å². The van der Waals surface area contributed by atoms with E-state index < -0.39 is 5.54 Å². The smallest absolute Gasteiger partial charge is 0.270 e. The number of carbonyl (C=O) groups excluding carboxylic acids is 1. The first-order valence-corrected chi connectivity index (χ1v) is 6.46. The average Bonchev–Trinajstić information content (AvgIpc) is 2.79. The average molecular weight is 251 g/mol. The van der Waals surface area contributed by atoms with Crippen molar-refractivity contribution in [3.05, 3.63) is 18.2 Å². The molecule has 1 amide bonds. The Balaban J connectivity index is 2.07. The summed E-state index contributed by atoms with van der Waals surface area (Å²) in [6.45, 7) is 2.22. The molecule has 0 bridgehead atoms. The van der Waals surface area contributed by atoms with Gasteiger partial charge in [-0.2, -0.15) is 0 Å². The molecule has 0 unspecified atom stereocenters. The summed E-state index contributed by atoms with van der Waals surface area (Å²) in [6.07, 6.45) is 6.93. The molecule has 2 N–H and O–H groups in total. The lowest BCUT2D eigenvalue weighted by Crippen LogP contribution is -2.53. The summed E-state index contributed by atoms with van der Waals surface area (Å²) in [4.78, 5) is 16.1. The first-order chi connectivity index (χ1) is 8.56. The number of amides is 1. The zero-order valence-electron chi connectivity index (χ0n) is 11.0. The molecule has 18 heavy (non-hydrogen) atoms. The fourth-order valence-corrected chi connectivity index (χ4v) is 2.52. The van der Waals surface area contributed by atoms with Crippen molar-refractivity contribution in [3.63, 3.8) is 0 Å². The molecule has 1 aliphatic carbocycles. The standard InChI is InChI=1S/C13H21N3O2/c1-10-3-5-13(8-17,6-4-10)15-12(18)11-7-14-9-16(11)2/h7,9-10,17H,3-6,8H2,1-2H3,(H,15,18). The Morgan fingerprint density at radius 1 is 1.61 bits per heavy atom. The van der Waals surface area contributed by atoms with Crippen molar-refractivity contribution < 1.29 is 9.90 Å². The largest absolute Gasteiger partial charge is 0.394 e.